The van der Waals surface area contributed by atoms with E-state index >= 15 is 0 Å². The van der Waals surface area contributed by atoms with Gasteiger partial charge < -0.3 is 40.0 Å². The zero-order valence-corrected chi connectivity index (χ0v) is 31.8. The van der Waals surface area contributed by atoms with Gasteiger partial charge in [0.25, 0.3) is 0 Å². The van der Waals surface area contributed by atoms with Gasteiger partial charge >= 0.3 is 24.1 Å². The number of aliphatic hydroxyl groups excluding tert-OH is 1. The molecule has 0 bridgehead atoms. The first-order chi connectivity index (χ1) is 23.7. The summed E-state index contributed by atoms with van der Waals surface area (Å²) in [7, 11) is 0. The highest BCUT2D eigenvalue weighted by molar-refractivity contribution is 5.93. The second-order valence-corrected chi connectivity index (χ2v) is 15.9. The molecule has 15 nitrogen and oxygen atoms in total. The van der Waals surface area contributed by atoms with E-state index in [0.29, 0.717) is 19.3 Å². The molecule has 2 fully saturated rings. The van der Waals surface area contributed by atoms with Crippen LogP contribution in [0.25, 0.3) is 0 Å². The molecule has 2 rings (SSSR count). The summed E-state index contributed by atoms with van der Waals surface area (Å²) >= 11 is 0. The molecule has 0 aromatic heterocycles. The third-order valence-electron chi connectivity index (χ3n) is 8.63. The SMILES string of the molecule is CC(C)OC(=O)C(O)[C@H](CCCCNC(=O)OC(C)(C)C)NC(=O)[C@@H]1CCCN1C(=O)[C@@H](CC1CCCCC1)N(CC(=O)O)C(=O)OC(C)(C)C. The highest BCUT2D eigenvalue weighted by atomic mass is 16.6. The average Bonchev–Trinajstić information content (AvgIpc) is 3.50. The van der Waals surface area contributed by atoms with Gasteiger partial charge in [0, 0.05) is 13.1 Å². The molecule has 0 radical (unpaired) electrons. The summed E-state index contributed by atoms with van der Waals surface area (Å²) in [5, 5.41) is 26.2. The number of hydrogen-bond acceptors (Lipinski definition) is 10. The van der Waals surface area contributed by atoms with E-state index in [-0.39, 0.29) is 38.3 Å². The molecule has 292 valence electrons. The number of esters is 1. The van der Waals surface area contributed by atoms with E-state index < -0.39 is 84.0 Å². The number of aliphatic carboxylic acids is 1. The lowest BCUT2D eigenvalue weighted by Gasteiger charge is -2.37. The monoisotopic (exact) mass is 726 g/mol. The Morgan fingerprint density at radius 3 is 2.08 bits per heavy atom. The van der Waals surface area contributed by atoms with Gasteiger partial charge in [-0.2, -0.15) is 0 Å². The van der Waals surface area contributed by atoms with E-state index in [1.54, 1.807) is 55.4 Å². The van der Waals surface area contributed by atoms with Crippen LogP contribution in [-0.4, -0.2) is 117 Å². The van der Waals surface area contributed by atoms with Crippen molar-refractivity contribution in [2.45, 2.75) is 168 Å². The summed E-state index contributed by atoms with van der Waals surface area (Å²) in [6.45, 7) is 13.2. The highest BCUT2D eigenvalue weighted by Gasteiger charge is 2.44. The van der Waals surface area contributed by atoms with Crippen LogP contribution < -0.4 is 10.6 Å². The number of ether oxygens (including phenoxy) is 3. The van der Waals surface area contributed by atoms with Gasteiger partial charge in [-0.15, -0.1) is 0 Å². The molecule has 1 aliphatic heterocycles. The number of carbonyl (C=O) groups excluding carboxylic acids is 5. The summed E-state index contributed by atoms with van der Waals surface area (Å²) in [6, 6.07) is -3.22. The molecule has 15 heteroatoms. The van der Waals surface area contributed by atoms with E-state index in [4.69, 9.17) is 14.2 Å². The number of carbonyl (C=O) groups is 6. The smallest absolute Gasteiger partial charge is 0.411 e. The van der Waals surface area contributed by atoms with Crippen molar-refractivity contribution in [1.82, 2.24) is 20.4 Å². The Balaban J connectivity index is 2.28. The van der Waals surface area contributed by atoms with Gasteiger partial charge in [0.15, 0.2) is 6.10 Å². The summed E-state index contributed by atoms with van der Waals surface area (Å²) in [6.07, 6.45) is 2.98. The van der Waals surface area contributed by atoms with Crippen LogP contribution in [0, 0.1) is 5.92 Å². The molecular weight excluding hydrogens is 664 g/mol. The van der Waals surface area contributed by atoms with Gasteiger partial charge in [-0.05, 0) is 99.8 Å². The normalized spacial score (nSPS) is 18.7. The molecule has 1 saturated carbocycles. The Morgan fingerprint density at radius 2 is 1.51 bits per heavy atom. The predicted octanol–water partition coefficient (Wildman–Crippen LogP) is 4.13. The number of unbranched alkanes of at least 4 members (excludes halogenated alkanes) is 1. The molecule has 4 N–H and O–H groups in total. The summed E-state index contributed by atoms with van der Waals surface area (Å²) < 4.78 is 16.0. The van der Waals surface area contributed by atoms with Gasteiger partial charge in [-0.1, -0.05) is 32.1 Å². The van der Waals surface area contributed by atoms with Crippen molar-refractivity contribution < 1.29 is 53.2 Å². The largest absolute Gasteiger partial charge is 0.480 e. The molecule has 0 aromatic rings. The van der Waals surface area contributed by atoms with E-state index in [2.05, 4.69) is 10.6 Å². The zero-order valence-electron chi connectivity index (χ0n) is 31.8. The number of nitrogens with zero attached hydrogens (tertiary/aromatic N) is 2. The van der Waals surface area contributed by atoms with Crippen molar-refractivity contribution in [3.63, 3.8) is 0 Å². The predicted molar refractivity (Wildman–Crippen MR) is 188 cm³/mol. The lowest BCUT2D eigenvalue weighted by molar-refractivity contribution is -0.160. The molecule has 1 aliphatic carbocycles. The van der Waals surface area contributed by atoms with Crippen LogP contribution >= 0.6 is 0 Å². The quantitative estimate of drug-likeness (QED) is 0.101. The molecule has 1 unspecified atom stereocenters. The van der Waals surface area contributed by atoms with E-state index in [0.717, 1.165) is 37.0 Å². The lowest BCUT2D eigenvalue weighted by atomic mass is 9.84. The van der Waals surface area contributed by atoms with Crippen molar-refractivity contribution in [2.24, 2.45) is 5.92 Å². The molecule has 1 saturated heterocycles. The summed E-state index contributed by atoms with van der Waals surface area (Å²) in [4.78, 5) is 80.7. The van der Waals surface area contributed by atoms with Crippen LogP contribution in [0.4, 0.5) is 9.59 Å². The first kappa shape index (κ1) is 43.5. The fourth-order valence-corrected chi connectivity index (χ4v) is 6.41. The Labute approximate surface area is 302 Å². The number of alkyl carbamates (subject to hydrolysis) is 1. The maximum absolute atomic E-state index is 14.4. The van der Waals surface area contributed by atoms with Crippen molar-refractivity contribution in [3.05, 3.63) is 0 Å². The van der Waals surface area contributed by atoms with E-state index in [1.165, 1.54) is 4.90 Å². The number of carboxylic acid groups (broad SMARTS) is 1. The maximum Gasteiger partial charge on any atom is 0.411 e. The third kappa shape index (κ3) is 15.7. The summed E-state index contributed by atoms with van der Waals surface area (Å²) in [5.74, 6) is -3.26. The number of carboxylic acids is 1. The standard InChI is InChI=1S/C36H62N4O11/c1-23(2)49-32(46)29(43)25(17-12-13-19-37-33(47)50-35(3,4)5)38-30(44)26-18-14-20-39(26)31(45)27(21-24-15-10-9-11-16-24)40(22-28(41)42)34(48)51-36(6,7)8/h23-27,29,43H,9-22H2,1-8H3,(H,37,47)(H,38,44)(H,41,42)/t25-,26-,27+,29?/m0/s1. The minimum absolute atomic E-state index is 0.0811. The molecule has 4 amide bonds. The first-order valence-electron chi connectivity index (χ1n) is 18.4. The topological polar surface area (TPSA) is 201 Å². The van der Waals surface area contributed by atoms with E-state index in [1.807, 2.05) is 0 Å². The van der Waals surface area contributed by atoms with Gasteiger partial charge in [-0.25, -0.2) is 14.4 Å². The molecule has 51 heavy (non-hydrogen) atoms. The number of nitrogens with one attached hydrogen (secondary N) is 2. The highest BCUT2D eigenvalue weighted by Crippen LogP contribution is 2.31. The van der Waals surface area contributed by atoms with E-state index in [9.17, 15) is 39.0 Å². The fraction of sp³-hybridized carbons (Fsp3) is 0.833. The Kier molecular flexibility index (Phi) is 16.9. The molecule has 1 heterocycles. The fourth-order valence-electron chi connectivity index (χ4n) is 6.41. The van der Waals surface area contributed by atoms with Gasteiger partial charge in [0.05, 0.1) is 12.1 Å². The molecule has 2 aliphatic rings. The Morgan fingerprint density at radius 1 is 0.882 bits per heavy atom. The average molecular weight is 727 g/mol. The Hall–Kier alpha value is -3.62. The van der Waals surface area contributed by atoms with Crippen LogP contribution in [-0.2, 0) is 33.4 Å². The number of aliphatic hydroxyl groups is 1. The van der Waals surface area contributed by atoms with Crippen molar-refractivity contribution in [1.29, 1.82) is 0 Å². The zero-order chi connectivity index (χ0) is 38.5. The van der Waals surface area contributed by atoms with Crippen LogP contribution in [0.3, 0.4) is 0 Å². The first-order valence-corrected chi connectivity index (χ1v) is 18.4. The van der Waals surface area contributed by atoms with Crippen molar-refractivity contribution in [3.8, 4) is 0 Å². The number of likely N-dealkylation sites (tertiary alicyclic amines) is 1. The number of hydrogen-bond donors (Lipinski definition) is 4. The van der Waals surface area contributed by atoms with Crippen LogP contribution in [0.5, 0.6) is 0 Å². The van der Waals surface area contributed by atoms with Crippen molar-refractivity contribution in [2.75, 3.05) is 19.6 Å². The molecular formula is C36H62N4O11. The third-order valence-corrected chi connectivity index (χ3v) is 8.63. The Bertz CT molecular complexity index is 1190. The lowest BCUT2D eigenvalue weighted by Crippen LogP contribution is -2.58. The molecule has 0 aromatic carbocycles. The van der Waals surface area contributed by atoms with Crippen LogP contribution in [0.15, 0.2) is 0 Å². The molecule has 0 spiro atoms. The van der Waals surface area contributed by atoms with Gasteiger partial charge in [-0.3, -0.25) is 19.3 Å². The minimum Gasteiger partial charge on any atom is -0.480 e. The molecule has 4 atom stereocenters. The summed E-state index contributed by atoms with van der Waals surface area (Å²) in [5.41, 5.74) is -1.60. The number of amides is 4. The second-order valence-electron chi connectivity index (χ2n) is 15.9. The number of rotatable bonds is 16. The second kappa shape index (κ2) is 19.8. The van der Waals surface area contributed by atoms with Gasteiger partial charge in [0.1, 0.15) is 29.8 Å². The minimum atomic E-state index is -1.70. The van der Waals surface area contributed by atoms with Crippen molar-refractivity contribution >= 4 is 35.9 Å². The maximum atomic E-state index is 14.4. The van der Waals surface area contributed by atoms with Crippen LogP contribution in [0.2, 0.25) is 0 Å². The van der Waals surface area contributed by atoms with Crippen LogP contribution in [0.1, 0.15) is 126 Å². The van der Waals surface area contributed by atoms with Gasteiger partial charge in [0.2, 0.25) is 11.8 Å².